The number of nitrogens with zero attached hydrogens (tertiary/aromatic N) is 6. The Morgan fingerprint density at radius 2 is 0.556 bits per heavy atom. The van der Waals surface area contributed by atoms with Gasteiger partial charge in [-0.1, -0.05) is 319 Å². The summed E-state index contributed by atoms with van der Waals surface area (Å²) in [5, 5.41) is 37.3. The largest absolute Gasteiger partial charge is 0.488 e. The molecule has 0 bridgehead atoms. The summed E-state index contributed by atoms with van der Waals surface area (Å²) in [4.78, 5) is 10.2. The van der Waals surface area contributed by atoms with Crippen LogP contribution in [-0.4, -0.2) is 46.7 Å². The van der Waals surface area contributed by atoms with Gasteiger partial charge >= 0.3 is 7.12 Å². The first-order chi connectivity index (χ1) is 44.4. The lowest BCUT2D eigenvalue weighted by molar-refractivity contribution is 0.426. The van der Waals surface area contributed by atoms with Crippen LogP contribution in [0.4, 0.5) is 0 Å². The Bertz CT molecular complexity index is 4940. The Kier molecular flexibility index (Phi) is 16.2. The monoisotopic (exact) mass is 1220 g/mol. The van der Waals surface area contributed by atoms with Gasteiger partial charge in [0.2, 0.25) is 0 Å². The summed E-state index contributed by atoms with van der Waals surface area (Å²) in [6.45, 7) is 0. The van der Waals surface area contributed by atoms with Crippen LogP contribution < -0.4 is 5.46 Å². The molecule has 14 aromatic carbocycles. The third-order valence-corrected chi connectivity index (χ3v) is 16.7. The lowest BCUT2D eigenvalue weighted by Crippen LogP contribution is -2.29. The van der Waals surface area contributed by atoms with Crippen LogP contribution in [0.3, 0.4) is 0 Å². The van der Waals surface area contributed by atoms with E-state index in [-0.39, 0.29) is 0 Å². The first kappa shape index (κ1) is 56.7. The molecule has 0 saturated heterocycles. The van der Waals surface area contributed by atoms with Crippen molar-refractivity contribution in [2.24, 2.45) is 0 Å². The molecule has 0 unspecified atom stereocenters. The molecule has 0 radical (unpaired) electrons. The van der Waals surface area contributed by atoms with E-state index in [0.29, 0.717) is 17.1 Å². The van der Waals surface area contributed by atoms with Crippen molar-refractivity contribution in [1.82, 2.24) is 29.5 Å². The van der Waals surface area contributed by atoms with Gasteiger partial charge in [-0.05, 0) is 95.4 Å². The van der Waals surface area contributed by atoms with Crippen molar-refractivity contribution in [3.8, 4) is 90.3 Å². The minimum Gasteiger partial charge on any atom is -0.423 e. The highest BCUT2D eigenvalue weighted by Gasteiger charge is 2.21. The fourth-order valence-electron chi connectivity index (χ4n) is 11.6. The molecule has 0 aliphatic heterocycles. The van der Waals surface area contributed by atoms with E-state index in [2.05, 4.69) is 259 Å². The van der Waals surface area contributed by atoms with Crippen LogP contribution in [0, 0.1) is 0 Å². The van der Waals surface area contributed by atoms with Gasteiger partial charge in [0.05, 0.1) is 11.4 Å². The highest BCUT2D eigenvalue weighted by atomic mass is 79.9. The van der Waals surface area contributed by atoms with Gasteiger partial charge in [0.25, 0.3) is 0 Å². The van der Waals surface area contributed by atoms with Crippen LogP contribution in [-0.2, 0) is 0 Å². The quantitative estimate of drug-likeness (QED) is 0.132. The Balaban J connectivity index is 0.000000132. The highest BCUT2D eigenvalue weighted by molar-refractivity contribution is 9.10. The van der Waals surface area contributed by atoms with E-state index in [1.54, 1.807) is 12.1 Å². The molecule has 2 N–H and O–H groups in total. The van der Waals surface area contributed by atoms with Gasteiger partial charge in [0, 0.05) is 37.5 Å². The van der Waals surface area contributed by atoms with Gasteiger partial charge in [-0.25, -0.2) is 19.3 Å². The molecule has 2 aromatic heterocycles. The van der Waals surface area contributed by atoms with E-state index in [1.165, 1.54) is 38.2 Å². The maximum Gasteiger partial charge on any atom is 0.488 e. The molecule has 8 nitrogen and oxygen atoms in total. The van der Waals surface area contributed by atoms with E-state index < -0.39 is 7.12 Å². The molecule has 16 rings (SSSR count). The second-order valence-corrected chi connectivity index (χ2v) is 22.7. The van der Waals surface area contributed by atoms with E-state index >= 15 is 0 Å². The zero-order valence-corrected chi connectivity index (χ0v) is 50.3. The molecular weight excluding hydrogens is 1170 g/mol. The second-order valence-electron chi connectivity index (χ2n) is 21.8. The molecule has 10 heteroatoms. The maximum absolute atomic E-state index is 8.94. The molecule has 2 heterocycles. The number of hydrogen-bond donors (Lipinski definition) is 2. The average molecular weight is 1220 g/mol. The van der Waals surface area contributed by atoms with Crippen molar-refractivity contribution in [3.63, 3.8) is 0 Å². The summed E-state index contributed by atoms with van der Waals surface area (Å²) in [6.07, 6.45) is 0. The fraction of sp³-hybridized carbons (Fsp3) is 0. The number of hydrogen-bond acceptors (Lipinski definition) is 6. The Hall–Kier alpha value is -11.1. The molecule has 16 aromatic rings. The third kappa shape index (κ3) is 11.9. The number of halogens is 1. The van der Waals surface area contributed by atoms with Crippen LogP contribution in [0.15, 0.2) is 332 Å². The zero-order valence-electron chi connectivity index (χ0n) is 48.7. The predicted octanol–water partition coefficient (Wildman–Crippen LogP) is 18.9. The van der Waals surface area contributed by atoms with E-state index in [1.807, 2.05) is 82.2 Å². The van der Waals surface area contributed by atoms with Crippen LogP contribution in [0.25, 0.3) is 133 Å². The van der Waals surface area contributed by atoms with Gasteiger partial charge in [-0.3, -0.25) is 0 Å². The molecule has 0 saturated carbocycles. The van der Waals surface area contributed by atoms with Crippen molar-refractivity contribution in [2.45, 2.75) is 0 Å². The molecule has 428 valence electrons. The number of aromatic nitrogens is 6. The summed E-state index contributed by atoms with van der Waals surface area (Å²) in [6, 6.07) is 112. The lowest BCUT2D eigenvalue weighted by Gasteiger charge is -2.11. The van der Waals surface area contributed by atoms with Gasteiger partial charge < -0.3 is 10.0 Å². The van der Waals surface area contributed by atoms with Crippen molar-refractivity contribution in [3.05, 3.63) is 332 Å². The molecule has 90 heavy (non-hydrogen) atoms. The van der Waals surface area contributed by atoms with Crippen LogP contribution >= 0.6 is 15.9 Å². The van der Waals surface area contributed by atoms with Crippen molar-refractivity contribution in [2.75, 3.05) is 0 Å². The van der Waals surface area contributed by atoms with E-state index in [0.717, 1.165) is 88.0 Å². The standard InChI is InChI=1S/C40H27N3.C28H18BrN3.C12H11BO2/c1-2-10-28(11-3-1)29-20-22-30(23-21-29)31-24-26-34(27-25-31)39-41-40(37-18-8-14-32-12-4-6-16-35(32)37)43(42-39)38-19-9-15-33-13-5-7-17-36(33)38;29-22-17-15-21(16-18-22)27-30-28(25-13-5-9-19-7-1-3-11-23(19)25)32(31-27)26-14-6-10-20-8-2-4-12-24(20)26;14-13(15)12-8-6-11(7-9-12)10-4-2-1-3-5-10/h1-27H;1-18H;1-9,14-15H. The topological polar surface area (TPSA) is 102 Å². The van der Waals surface area contributed by atoms with Gasteiger partial charge in [0.15, 0.2) is 23.3 Å². The van der Waals surface area contributed by atoms with Crippen LogP contribution in [0.2, 0.25) is 0 Å². The van der Waals surface area contributed by atoms with Crippen molar-refractivity contribution < 1.29 is 10.0 Å². The predicted molar refractivity (Wildman–Crippen MR) is 375 cm³/mol. The minimum atomic E-state index is -1.39. The molecule has 0 amide bonds. The molecule has 0 aliphatic carbocycles. The number of fused-ring (bicyclic) bond motifs is 4. The summed E-state index contributed by atoms with van der Waals surface area (Å²) in [5.41, 5.74) is 13.6. The van der Waals surface area contributed by atoms with Crippen molar-refractivity contribution in [1.29, 1.82) is 0 Å². The van der Waals surface area contributed by atoms with Crippen LogP contribution in [0.5, 0.6) is 0 Å². The maximum atomic E-state index is 8.94. The molecule has 0 atom stereocenters. The number of rotatable bonds is 10. The first-order valence-electron chi connectivity index (χ1n) is 29.8. The van der Waals surface area contributed by atoms with Crippen molar-refractivity contribution >= 4 is 71.6 Å². The summed E-state index contributed by atoms with van der Waals surface area (Å²) in [7, 11) is -1.39. The Morgan fingerprint density at radius 3 is 0.944 bits per heavy atom. The number of benzene rings is 14. The van der Waals surface area contributed by atoms with Crippen LogP contribution in [0.1, 0.15) is 0 Å². The normalized spacial score (nSPS) is 11.1. The minimum absolute atomic E-state index is 0.509. The summed E-state index contributed by atoms with van der Waals surface area (Å²) in [5.74, 6) is 3.05. The fourth-order valence-corrected chi connectivity index (χ4v) is 11.8. The molecule has 0 spiro atoms. The second kappa shape index (κ2) is 25.7. The van der Waals surface area contributed by atoms with Gasteiger partial charge in [-0.15, -0.1) is 10.2 Å². The molecular formula is C80H56BBrN6O2. The molecule has 0 aliphatic rings. The third-order valence-electron chi connectivity index (χ3n) is 16.2. The Labute approximate surface area is 530 Å². The molecule has 0 fully saturated rings. The smallest absolute Gasteiger partial charge is 0.423 e. The highest BCUT2D eigenvalue weighted by Crippen LogP contribution is 2.36. The lowest BCUT2D eigenvalue weighted by atomic mass is 9.80. The van der Waals surface area contributed by atoms with E-state index in [4.69, 9.17) is 30.2 Å². The Morgan fingerprint density at radius 1 is 0.267 bits per heavy atom. The van der Waals surface area contributed by atoms with Gasteiger partial charge in [0.1, 0.15) is 0 Å². The zero-order chi connectivity index (χ0) is 60.8. The SMILES string of the molecule is Brc1ccc(-c2nc(-c3cccc4ccccc34)n(-c3cccc4ccccc34)n2)cc1.OB(O)c1ccc(-c2ccccc2)cc1.c1ccc(-c2ccc(-c3ccc(-c4nc(-c5cccc6ccccc56)n(-c5cccc6ccccc56)n4)cc3)cc2)cc1. The van der Waals surface area contributed by atoms with Gasteiger partial charge in [-0.2, -0.15) is 0 Å². The van der Waals surface area contributed by atoms with E-state index in [9.17, 15) is 0 Å². The summed E-state index contributed by atoms with van der Waals surface area (Å²) >= 11 is 3.52. The summed E-state index contributed by atoms with van der Waals surface area (Å²) < 4.78 is 5.03. The average Bonchev–Trinajstić information content (AvgIpc) is 1.72. The first-order valence-corrected chi connectivity index (χ1v) is 30.6.